The van der Waals surface area contributed by atoms with Crippen LogP contribution in [-0.4, -0.2) is 43.5 Å². The van der Waals surface area contributed by atoms with E-state index in [1.54, 1.807) is 7.11 Å². The Bertz CT molecular complexity index is 228. The molecular weight excluding hydrogens is 182 g/mol. The Morgan fingerprint density at radius 3 is 2.57 bits per heavy atom. The van der Waals surface area contributed by atoms with Crippen molar-refractivity contribution in [3.05, 3.63) is 0 Å². The van der Waals surface area contributed by atoms with Gasteiger partial charge in [0.05, 0.1) is 6.54 Å². The Balaban J connectivity index is 2.06. The first-order chi connectivity index (χ1) is 6.77. The molecule has 2 amide bonds. The van der Waals surface area contributed by atoms with E-state index < -0.39 is 5.85 Å². The Kier molecular flexibility index (Phi) is 2.60. The predicted molar refractivity (Wildman–Crippen MR) is 51.7 cm³/mol. The molecule has 0 aliphatic carbocycles. The highest BCUT2D eigenvalue weighted by molar-refractivity contribution is 5.77. The van der Waals surface area contributed by atoms with Crippen molar-refractivity contribution in [2.45, 2.75) is 25.1 Å². The number of urea groups is 1. The number of piperidine rings is 1. The molecule has 2 aliphatic heterocycles. The maximum Gasteiger partial charge on any atom is 0.318 e. The van der Waals surface area contributed by atoms with Crippen molar-refractivity contribution in [3.8, 4) is 0 Å². The molecule has 2 rings (SSSR count). The summed E-state index contributed by atoms with van der Waals surface area (Å²) in [7, 11) is 1.64. The summed E-state index contributed by atoms with van der Waals surface area (Å²) in [6, 6.07) is -0.141. The van der Waals surface area contributed by atoms with Crippen LogP contribution in [-0.2, 0) is 4.74 Å². The van der Waals surface area contributed by atoms with Gasteiger partial charge in [-0.15, -0.1) is 0 Å². The second-order valence-corrected chi connectivity index (χ2v) is 3.84. The molecule has 0 radical (unpaired) electrons. The molecule has 2 heterocycles. The first-order valence-corrected chi connectivity index (χ1v) is 5.13. The number of ether oxygens (including phenoxy) is 1. The maximum atomic E-state index is 11.1. The SMILES string of the molecule is COC1(N2CCCCC2)CNC(=O)N1. The fraction of sp³-hybridized carbons (Fsp3) is 0.889. The van der Waals surface area contributed by atoms with Gasteiger partial charge in [0.25, 0.3) is 0 Å². The zero-order valence-corrected chi connectivity index (χ0v) is 8.51. The summed E-state index contributed by atoms with van der Waals surface area (Å²) in [6.45, 7) is 2.52. The van der Waals surface area contributed by atoms with Crippen LogP contribution >= 0.6 is 0 Å². The van der Waals surface area contributed by atoms with Crippen molar-refractivity contribution in [2.24, 2.45) is 0 Å². The van der Waals surface area contributed by atoms with Gasteiger partial charge in [-0.3, -0.25) is 10.2 Å². The van der Waals surface area contributed by atoms with E-state index >= 15 is 0 Å². The standard InChI is InChI=1S/C9H17N3O2/c1-14-9(7-10-8(13)11-9)12-5-3-2-4-6-12/h2-7H2,1H3,(H2,10,11,13). The number of carbonyl (C=O) groups excluding carboxylic acids is 1. The molecule has 2 aliphatic rings. The molecule has 1 unspecified atom stereocenters. The smallest absolute Gasteiger partial charge is 0.318 e. The molecule has 2 fully saturated rings. The summed E-state index contributed by atoms with van der Waals surface area (Å²) in [4.78, 5) is 13.3. The molecule has 5 nitrogen and oxygen atoms in total. The molecule has 5 heteroatoms. The van der Waals surface area contributed by atoms with E-state index in [1.807, 2.05) is 0 Å². The van der Waals surface area contributed by atoms with Gasteiger partial charge in [0, 0.05) is 20.2 Å². The van der Waals surface area contributed by atoms with E-state index in [9.17, 15) is 4.79 Å². The van der Waals surface area contributed by atoms with Gasteiger partial charge >= 0.3 is 6.03 Å². The van der Waals surface area contributed by atoms with Gasteiger partial charge in [0.1, 0.15) is 0 Å². The molecule has 0 aromatic heterocycles. The highest BCUT2D eigenvalue weighted by Crippen LogP contribution is 2.21. The summed E-state index contributed by atoms with van der Waals surface area (Å²) in [5.74, 6) is -0.600. The average Bonchev–Trinajstić information content (AvgIpc) is 2.63. The molecule has 0 aromatic carbocycles. The Morgan fingerprint density at radius 1 is 1.36 bits per heavy atom. The maximum absolute atomic E-state index is 11.1. The fourth-order valence-corrected chi connectivity index (χ4v) is 2.16. The van der Waals surface area contributed by atoms with Crippen LogP contribution < -0.4 is 10.6 Å². The lowest BCUT2D eigenvalue weighted by Crippen LogP contribution is -2.60. The number of amides is 2. The third-order valence-corrected chi connectivity index (χ3v) is 3.00. The molecule has 0 spiro atoms. The number of likely N-dealkylation sites (tertiary alicyclic amines) is 1. The predicted octanol–water partition coefficient (Wildman–Crippen LogP) is 0.0853. The molecule has 0 aromatic rings. The van der Waals surface area contributed by atoms with Crippen molar-refractivity contribution in [1.82, 2.24) is 15.5 Å². The number of methoxy groups -OCH3 is 1. The fourth-order valence-electron chi connectivity index (χ4n) is 2.16. The zero-order valence-electron chi connectivity index (χ0n) is 8.51. The number of nitrogens with one attached hydrogen (secondary N) is 2. The Hall–Kier alpha value is -0.810. The van der Waals surface area contributed by atoms with Crippen LogP contribution in [0.4, 0.5) is 4.79 Å². The lowest BCUT2D eigenvalue weighted by molar-refractivity contribution is -0.141. The van der Waals surface area contributed by atoms with Crippen LogP contribution in [0.25, 0.3) is 0 Å². The zero-order chi connectivity index (χ0) is 10.0. The van der Waals surface area contributed by atoms with E-state index in [1.165, 1.54) is 19.3 Å². The summed E-state index contributed by atoms with van der Waals surface area (Å²) < 4.78 is 5.44. The van der Waals surface area contributed by atoms with Gasteiger partial charge in [-0.05, 0) is 12.8 Å². The number of hydrogen-bond donors (Lipinski definition) is 2. The van der Waals surface area contributed by atoms with Crippen molar-refractivity contribution < 1.29 is 9.53 Å². The van der Waals surface area contributed by atoms with Gasteiger partial charge in [-0.25, -0.2) is 4.79 Å². The first-order valence-electron chi connectivity index (χ1n) is 5.13. The minimum absolute atomic E-state index is 0.141. The van der Waals surface area contributed by atoms with Crippen molar-refractivity contribution in [2.75, 3.05) is 26.7 Å². The van der Waals surface area contributed by atoms with E-state index in [0.717, 1.165) is 13.1 Å². The molecule has 2 saturated heterocycles. The summed E-state index contributed by atoms with van der Waals surface area (Å²) in [5.41, 5.74) is 0. The van der Waals surface area contributed by atoms with Crippen molar-refractivity contribution in [3.63, 3.8) is 0 Å². The van der Waals surface area contributed by atoms with Crippen molar-refractivity contribution in [1.29, 1.82) is 0 Å². The highest BCUT2D eigenvalue weighted by atomic mass is 16.5. The lowest BCUT2D eigenvalue weighted by Gasteiger charge is -2.40. The number of hydrogen-bond acceptors (Lipinski definition) is 3. The average molecular weight is 199 g/mol. The van der Waals surface area contributed by atoms with Crippen LogP contribution in [0.2, 0.25) is 0 Å². The van der Waals surface area contributed by atoms with Crippen LogP contribution in [0, 0.1) is 0 Å². The number of carbonyl (C=O) groups is 1. The highest BCUT2D eigenvalue weighted by Gasteiger charge is 2.43. The minimum Gasteiger partial charge on any atom is -0.344 e. The van der Waals surface area contributed by atoms with E-state index in [0.29, 0.717) is 6.54 Å². The van der Waals surface area contributed by atoms with Crippen molar-refractivity contribution >= 4 is 6.03 Å². The molecule has 14 heavy (non-hydrogen) atoms. The van der Waals surface area contributed by atoms with Gasteiger partial charge in [-0.1, -0.05) is 6.42 Å². The number of rotatable bonds is 2. The largest absolute Gasteiger partial charge is 0.344 e. The Labute approximate surface area is 83.8 Å². The molecule has 0 saturated carbocycles. The minimum atomic E-state index is -0.600. The van der Waals surface area contributed by atoms with Gasteiger partial charge in [0.2, 0.25) is 5.85 Å². The van der Waals surface area contributed by atoms with E-state index in [4.69, 9.17) is 4.74 Å². The van der Waals surface area contributed by atoms with Gasteiger partial charge in [-0.2, -0.15) is 0 Å². The molecular formula is C9H17N3O2. The molecule has 2 N–H and O–H groups in total. The monoisotopic (exact) mass is 199 g/mol. The summed E-state index contributed by atoms with van der Waals surface area (Å²) in [6.07, 6.45) is 3.64. The van der Waals surface area contributed by atoms with Crippen LogP contribution in [0.15, 0.2) is 0 Å². The quantitative estimate of drug-likeness (QED) is 0.662. The first kappa shape index (κ1) is 9.73. The Morgan fingerprint density at radius 2 is 2.07 bits per heavy atom. The second-order valence-electron chi connectivity index (χ2n) is 3.84. The van der Waals surface area contributed by atoms with Crippen LogP contribution in [0.1, 0.15) is 19.3 Å². The second kappa shape index (κ2) is 3.74. The van der Waals surface area contributed by atoms with Crippen LogP contribution in [0.3, 0.4) is 0 Å². The van der Waals surface area contributed by atoms with E-state index in [2.05, 4.69) is 15.5 Å². The summed E-state index contributed by atoms with van der Waals surface area (Å²) >= 11 is 0. The molecule has 80 valence electrons. The molecule has 1 atom stereocenters. The van der Waals surface area contributed by atoms with E-state index in [-0.39, 0.29) is 6.03 Å². The third kappa shape index (κ3) is 1.57. The van der Waals surface area contributed by atoms with Gasteiger partial charge in [0.15, 0.2) is 0 Å². The normalized spacial score (nSPS) is 33.9. The molecule has 0 bridgehead atoms. The van der Waals surface area contributed by atoms with Gasteiger partial charge < -0.3 is 10.1 Å². The third-order valence-electron chi connectivity index (χ3n) is 3.00. The van der Waals surface area contributed by atoms with Crippen LogP contribution in [0.5, 0.6) is 0 Å². The topological polar surface area (TPSA) is 53.6 Å². The lowest BCUT2D eigenvalue weighted by atomic mass is 10.1. The number of nitrogens with zero attached hydrogens (tertiary/aromatic N) is 1. The summed E-state index contributed by atoms with van der Waals surface area (Å²) in [5, 5.41) is 5.58.